The van der Waals surface area contributed by atoms with Crippen molar-refractivity contribution in [3.8, 4) is 0 Å². The van der Waals surface area contributed by atoms with Crippen LogP contribution in [0.25, 0.3) is 10.9 Å². The zero-order valence-electron chi connectivity index (χ0n) is 20.4. The van der Waals surface area contributed by atoms with Crippen LogP contribution in [0.2, 0.25) is 0 Å². The third-order valence-corrected chi connectivity index (χ3v) is 6.11. The molecule has 8 heteroatoms. The smallest absolute Gasteiger partial charge is 0.229 e. The van der Waals surface area contributed by atoms with Gasteiger partial charge >= 0.3 is 0 Å². The first-order valence-corrected chi connectivity index (χ1v) is 11.9. The minimum absolute atomic E-state index is 0.498. The van der Waals surface area contributed by atoms with E-state index in [2.05, 4.69) is 58.3 Å². The Hall–Kier alpha value is -3.55. The number of hydrogen-bond acceptors (Lipinski definition) is 7. The number of benzene rings is 2. The highest BCUT2D eigenvalue weighted by Gasteiger charge is 2.14. The average molecular weight is 491 g/mol. The molecule has 0 unspecified atom stereocenters. The number of hydrogen-bond donors (Lipinski definition) is 2. The molecule has 1 fully saturated rings. The van der Waals surface area contributed by atoms with Crippen LogP contribution in [0, 0.1) is 0 Å². The van der Waals surface area contributed by atoms with Crippen LogP contribution >= 0.6 is 11.6 Å². The number of methoxy groups -OCH3 is 1. The second-order valence-corrected chi connectivity index (χ2v) is 8.97. The largest absolute Gasteiger partial charge is 0.495 e. The van der Waals surface area contributed by atoms with Crippen molar-refractivity contribution in [1.82, 2.24) is 14.9 Å². The van der Waals surface area contributed by atoms with Crippen LogP contribution in [0.3, 0.4) is 0 Å². The molecule has 0 radical (unpaired) electrons. The number of ether oxygens (including phenoxy) is 1. The van der Waals surface area contributed by atoms with Gasteiger partial charge in [-0.05, 0) is 56.4 Å². The van der Waals surface area contributed by atoms with Crippen LogP contribution in [0.5, 0.6) is 0 Å². The van der Waals surface area contributed by atoms with Gasteiger partial charge in [-0.15, -0.1) is 0 Å². The monoisotopic (exact) mass is 490 g/mol. The van der Waals surface area contributed by atoms with Crippen molar-refractivity contribution in [2.45, 2.75) is 6.92 Å². The molecule has 1 aromatic heterocycles. The maximum Gasteiger partial charge on any atom is 0.229 e. The summed E-state index contributed by atoms with van der Waals surface area (Å²) in [6, 6.07) is 16.3. The summed E-state index contributed by atoms with van der Waals surface area (Å²) in [4.78, 5) is 14.2. The molecule has 1 saturated heterocycles. The fourth-order valence-corrected chi connectivity index (χ4v) is 4.03. The summed E-state index contributed by atoms with van der Waals surface area (Å²) in [6.45, 7) is 9.91. The van der Waals surface area contributed by atoms with Crippen LogP contribution in [0.1, 0.15) is 6.92 Å². The van der Waals surface area contributed by atoms with Gasteiger partial charge in [0.1, 0.15) is 11.6 Å². The third-order valence-electron chi connectivity index (χ3n) is 5.92. The lowest BCUT2D eigenvalue weighted by Gasteiger charge is -2.34. The molecular formula is C27H31ClN6O. The third kappa shape index (κ3) is 6.12. The number of piperazine rings is 1. The average Bonchev–Trinajstić information content (AvgIpc) is 2.87. The van der Waals surface area contributed by atoms with Crippen LogP contribution in [0.4, 0.5) is 23.1 Å². The first-order valence-electron chi connectivity index (χ1n) is 11.6. The Balaban J connectivity index is 1.59. The molecule has 1 aliphatic heterocycles. The van der Waals surface area contributed by atoms with Crippen molar-refractivity contribution in [3.05, 3.63) is 83.8 Å². The number of nitrogens with zero attached hydrogens (tertiary/aromatic N) is 4. The highest BCUT2D eigenvalue weighted by Crippen LogP contribution is 2.26. The van der Waals surface area contributed by atoms with Gasteiger partial charge < -0.3 is 25.2 Å². The Labute approximate surface area is 211 Å². The molecule has 2 heterocycles. The van der Waals surface area contributed by atoms with E-state index in [1.54, 1.807) is 26.2 Å². The van der Waals surface area contributed by atoms with Gasteiger partial charge in [-0.25, -0.2) is 4.98 Å². The molecule has 2 aromatic carbocycles. The van der Waals surface area contributed by atoms with Crippen molar-refractivity contribution >= 4 is 45.6 Å². The molecule has 0 atom stereocenters. The van der Waals surface area contributed by atoms with Gasteiger partial charge in [0.05, 0.1) is 17.7 Å². The molecule has 4 rings (SSSR count). The van der Waals surface area contributed by atoms with Crippen molar-refractivity contribution in [2.75, 3.05) is 55.9 Å². The minimum Gasteiger partial charge on any atom is -0.495 e. The lowest BCUT2D eigenvalue weighted by atomic mass is 10.2. The number of fused-ring (bicyclic) bond motifs is 1. The summed E-state index contributed by atoms with van der Waals surface area (Å²) < 4.78 is 5.36. The van der Waals surface area contributed by atoms with Gasteiger partial charge in [-0.1, -0.05) is 30.3 Å². The van der Waals surface area contributed by atoms with E-state index in [-0.39, 0.29) is 0 Å². The molecule has 0 saturated carbocycles. The molecule has 0 bridgehead atoms. The van der Waals surface area contributed by atoms with E-state index in [9.17, 15) is 0 Å². The van der Waals surface area contributed by atoms with Crippen molar-refractivity contribution in [1.29, 1.82) is 0 Å². The van der Waals surface area contributed by atoms with E-state index < -0.39 is 0 Å². The summed E-state index contributed by atoms with van der Waals surface area (Å²) in [6.07, 6.45) is 3.48. The van der Waals surface area contributed by atoms with E-state index in [0.29, 0.717) is 28.3 Å². The number of halogens is 1. The second-order valence-electron chi connectivity index (χ2n) is 8.41. The molecule has 2 N–H and O–H groups in total. The standard InChI is InChI=1S/C27H31ClN6O/c1-5-20(18-25(35-4)19(2)28)29-26-23-8-6-7-9-24(23)31-27(32-26)30-21-10-12-22(13-11-21)34-16-14-33(3)15-17-34/h5-13,18H,1,14-17H2,2-4H3,(H2,29,30,31,32)/b20-18+,25-19-. The summed E-state index contributed by atoms with van der Waals surface area (Å²) in [5, 5.41) is 8.12. The maximum absolute atomic E-state index is 6.13. The van der Waals surface area contributed by atoms with Crippen molar-refractivity contribution in [3.63, 3.8) is 0 Å². The SMILES string of the molecule is C=C/C(=C\C(OC)=C(/C)Cl)Nc1nc(Nc2ccc(N3CCN(C)CC3)cc2)nc2ccccc12. The van der Waals surface area contributed by atoms with Crippen LogP contribution in [0.15, 0.2) is 83.8 Å². The van der Waals surface area contributed by atoms with Gasteiger partial charge in [0.25, 0.3) is 0 Å². The fourth-order valence-electron chi connectivity index (χ4n) is 3.90. The molecule has 7 nitrogen and oxygen atoms in total. The first kappa shape index (κ1) is 24.6. The Bertz CT molecular complexity index is 1240. The molecule has 0 aliphatic carbocycles. The van der Waals surface area contributed by atoms with E-state index in [1.165, 1.54) is 5.69 Å². The predicted molar refractivity (Wildman–Crippen MR) is 146 cm³/mol. The van der Waals surface area contributed by atoms with Crippen LogP contribution < -0.4 is 15.5 Å². The van der Waals surface area contributed by atoms with Gasteiger partial charge in [0.15, 0.2) is 0 Å². The maximum atomic E-state index is 6.13. The highest BCUT2D eigenvalue weighted by molar-refractivity contribution is 6.29. The van der Waals surface area contributed by atoms with Crippen molar-refractivity contribution in [2.24, 2.45) is 0 Å². The minimum atomic E-state index is 0.498. The van der Waals surface area contributed by atoms with Crippen LogP contribution in [-0.4, -0.2) is 55.2 Å². The van der Waals surface area contributed by atoms with Gasteiger partial charge in [0.2, 0.25) is 5.95 Å². The van der Waals surface area contributed by atoms with Crippen LogP contribution in [-0.2, 0) is 4.74 Å². The first-order chi connectivity index (χ1) is 17.0. The van der Waals surface area contributed by atoms with Gasteiger partial charge in [-0.3, -0.25) is 0 Å². The summed E-state index contributed by atoms with van der Waals surface area (Å²) >= 11 is 6.13. The molecule has 35 heavy (non-hydrogen) atoms. The zero-order chi connectivity index (χ0) is 24.8. The number of aromatic nitrogens is 2. The summed E-state index contributed by atoms with van der Waals surface area (Å²) in [5.41, 5.74) is 3.67. The lowest BCUT2D eigenvalue weighted by Crippen LogP contribution is -2.44. The summed E-state index contributed by atoms with van der Waals surface area (Å²) in [7, 11) is 3.74. The van der Waals surface area contributed by atoms with E-state index in [0.717, 1.165) is 42.8 Å². The van der Waals surface area contributed by atoms with E-state index in [1.807, 2.05) is 24.3 Å². The molecule has 0 spiro atoms. The Morgan fingerprint density at radius 2 is 1.77 bits per heavy atom. The van der Waals surface area contributed by atoms with E-state index in [4.69, 9.17) is 26.3 Å². The number of nitrogens with one attached hydrogen (secondary N) is 2. The number of rotatable bonds is 8. The molecule has 1 aliphatic rings. The molecule has 0 amide bonds. The number of para-hydroxylation sites is 1. The fraction of sp³-hybridized carbons (Fsp3) is 0.259. The quantitative estimate of drug-likeness (QED) is 0.309. The van der Waals surface area contributed by atoms with Crippen molar-refractivity contribution < 1.29 is 4.74 Å². The number of allylic oxidation sites excluding steroid dienone is 3. The Morgan fingerprint density at radius 1 is 1.06 bits per heavy atom. The predicted octanol–water partition coefficient (Wildman–Crippen LogP) is 5.72. The molecule has 182 valence electrons. The number of anilines is 4. The summed E-state index contributed by atoms with van der Waals surface area (Å²) in [5.74, 6) is 1.70. The Morgan fingerprint density at radius 3 is 2.43 bits per heavy atom. The van der Waals surface area contributed by atoms with E-state index >= 15 is 0 Å². The topological polar surface area (TPSA) is 65.6 Å². The van der Waals surface area contributed by atoms with Gasteiger partial charge in [0, 0.05) is 54.7 Å². The molecule has 3 aromatic rings. The number of likely N-dealkylation sites (N-methyl/N-ethyl adjacent to an activating group) is 1. The lowest BCUT2D eigenvalue weighted by molar-refractivity contribution is 0.304. The Kier molecular flexibility index (Phi) is 7.90. The molecular weight excluding hydrogens is 460 g/mol. The van der Waals surface area contributed by atoms with Gasteiger partial charge in [-0.2, -0.15) is 4.98 Å². The zero-order valence-corrected chi connectivity index (χ0v) is 21.1. The highest BCUT2D eigenvalue weighted by atomic mass is 35.5. The normalized spacial score (nSPS) is 15.5. The second kappa shape index (κ2) is 11.3.